The van der Waals surface area contributed by atoms with Crippen molar-refractivity contribution in [1.29, 1.82) is 0 Å². The van der Waals surface area contributed by atoms with Gasteiger partial charge in [0.1, 0.15) is 42.7 Å². The molecule has 2 aromatic rings. The van der Waals surface area contributed by atoms with Crippen molar-refractivity contribution in [3.8, 4) is 0 Å². The molecular formula is C46H82N4O14P2. The SMILES string of the molecule is CCCCCCCCCCCCCCCC(=O)OC[C@H](COP(=O)(O)OP(=O)(O)OC[C@H]1O[C@@H](n2ccc3c(N)ncnc32)[C@@H](O)[C@@H]1O)OC(=O)CCCCCCCCCCCCCCC. The number of carbonyl (C=O) groups excluding carboxylic acids is 2. The van der Waals surface area contributed by atoms with Crippen molar-refractivity contribution in [2.24, 2.45) is 0 Å². The van der Waals surface area contributed by atoms with E-state index in [-0.39, 0.29) is 18.7 Å². The average molecular weight is 977 g/mol. The van der Waals surface area contributed by atoms with Gasteiger partial charge in [-0.3, -0.25) is 18.6 Å². The van der Waals surface area contributed by atoms with Crippen LogP contribution >= 0.6 is 15.6 Å². The number of aliphatic hydroxyl groups excluding tert-OH is 2. The van der Waals surface area contributed by atoms with E-state index in [9.17, 15) is 38.7 Å². The van der Waals surface area contributed by atoms with Crippen LogP contribution in [0.25, 0.3) is 11.0 Å². The minimum atomic E-state index is -5.38. The summed E-state index contributed by atoms with van der Waals surface area (Å²) >= 11 is 0. The van der Waals surface area contributed by atoms with E-state index in [0.717, 1.165) is 44.9 Å². The zero-order valence-corrected chi connectivity index (χ0v) is 41.5. The van der Waals surface area contributed by atoms with Crippen molar-refractivity contribution in [2.75, 3.05) is 25.6 Å². The first-order chi connectivity index (χ1) is 31.8. The summed E-state index contributed by atoms with van der Waals surface area (Å²) in [5, 5.41) is 21.8. The van der Waals surface area contributed by atoms with Crippen LogP contribution in [0.3, 0.4) is 0 Å². The molecule has 0 aliphatic carbocycles. The Kier molecular flexibility index (Phi) is 29.0. The number of aliphatic hydroxyl groups is 2. The Morgan fingerprint density at radius 3 is 1.67 bits per heavy atom. The number of unbranched alkanes of at least 4 members (excludes halogenated alkanes) is 24. The van der Waals surface area contributed by atoms with Gasteiger partial charge in [0.15, 0.2) is 12.3 Å². The number of fused-ring (bicyclic) bond motifs is 1. The van der Waals surface area contributed by atoms with Gasteiger partial charge in [-0.25, -0.2) is 19.1 Å². The maximum Gasteiger partial charge on any atom is 0.481 e. The first kappa shape index (κ1) is 57.8. The number of ether oxygens (including phenoxy) is 3. The van der Waals surface area contributed by atoms with Crippen LogP contribution in [0.2, 0.25) is 0 Å². The lowest BCUT2D eigenvalue weighted by molar-refractivity contribution is -0.161. The molecule has 3 heterocycles. The molecular weight excluding hydrogens is 894 g/mol. The zero-order chi connectivity index (χ0) is 48.0. The number of aromatic nitrogens is 3. The summed E-state index contributed by atoms with van der Waals surface area (Å²) in [5.41, 5.74) is 6.18. The molecule has 0 saturated carbocycles. The molecule has 6 N–H and O–H groups in total. The zero-order valence-electron chi connectivity index (χ0n) is 39.7. The highest BCUT2D eigenvalue weighted by Gasteiger charge is 2.46. The monoisotopic (exact) mass is 977 g/mol. The fourth-order valence-electron chi connectivity index (χ4n) is 8.01. The smallest absolute Gasteiger partial charge is 0.462 e. The fourth-order valence-corrected chi connectivity index (χ4v) is 10.1. The van der Waals surface area contributed by atoms with E-state index < -0.39 is 78.0 Å². The number of nitrogen functional groups attached to an aromatic ring is 1. The number of nitrogens with zero attached hydrogens (tertiary/aromatic N) is 3. The molecule has 1 saturated heterocycles. The minimum absolute atomic E-state index is 0.0705. The Morgan fingerprint density at radius 1 is 0.682 bits per heavy atom. The summed E-state index contributed by atoms with van der Waals surface area (Å²) in [6, 6.07) is 1.59. The van der Waals surface area contributed by atoms with E-state index in [4.69, 9.17) is 29.0 Å². The molecule has 0 radical (unpaired) electrons. The number of esters is 2. The number of phosphoric ester groups is 2. The van der Waals surface area contributed by atoms with Gasteiger partial charge in [-0.05, 0) is 18.9 Å². The minimum Gasteiger partial charge on any atom is -0.462 e. The van der Waals surface area contributed by atoms with E-state index in [1.165, 1.54) is 126 Å². The topological polar surface area (TPSA) is 261 Å². The first-order valence-corrected chi connectivity index (χ1v) is 27.9. The standard InChI is InChI=1S/C46H82N4O14P2/c1-3-5-7-9-11-13-15-17-19-21-23-25-27-29-40(51)59-33-37(62-41(52)30-28-26-24-22-20-18-16-14-12-10-8-6-4-2)34-60-65(55,56)64-66(57,58)61-35-39-42(53)43(54)46(63-39)50-32-31-38-44(47)48-36-49-45(38)50/h31-32,36-37,39,42-43,46,53-54H,3-30,33-35H2,1-2H3,(H,55,56)(H,57,58)(H2,47,48,49)/t37-,39-,42-,43+,46-/m1/s1. The second kappa shape index (κ2) is 33.1. The molecule has 1 aliphatic heterocycles. The molecule has 66 heavy (non-hydrogen) atoms. The summed E-state index contributed by atoms with van der Waals surface area (Å²) in [6.07, 6.45) is 25.7. The van der Waals surface area contributed by atoms with Gasteiger partial charge in [-0.15, -0.1) is 0 Å². The van der Waals surface area contributed by atoms with Crippen LogP contribution in [0.15, 0.2) is 18.6 Å². The maximum atomic E-state index is 12.9. The van der Waals surface area contributed by atoms with Crippen molar-refractivity contribution >= 4 is 44.4 Å². The third-order valence-electron chi connectivity index (χ3n) is 11.9. The number of hydrogen-bond acceptors (Lipinski definition) is 15. The van der Waals surface area contributed by atoms with E-state index in [2.05, 4.69) is 28.1 Å². The number of hydrogen-bond donors (Lipinski definition) is 5. The lowest BCUT2D eigenvalue weighted by Gasteiger charge is -2.21. The molecule has 0 bridgehead atoms. The summed E-state index contributed by atoms with van der Waals surface area (Å²) in [4.78, 5) is 54.3. The van der Waals surface area contributed by atoms with Crippen LogP contribution in [0.5, 0.6) is 0 Å². The highest BCUT2D eigenvalue weighted by Crippen LogP contribution is 2.60. The lowest BCUT2D eigenvalue weighted by Crippen LogP contribution is -2.33. The van der Waals surface area contributed by atoms with E-state index in [1.54, 1.807) is 6.07 Å². The van der Waals surface area contributed by atoms with Gasteiger partial charge in [0, 0.05) is 19.0 Å². The largest absolute Gasteiger partial charge is 0.481 e. The van der Waals surface area contributed by atoms with Crippen molar-refractivity contribution in [1.82, 2.24) is 14.5 Å². The summed E-state index contributed by atoms with van der Waals surface area (Å²) < 4.78 is 58.0. The average Bonchev–Trinajstić information content (AvgIpc) is 3.84. The number of rotatable bonds is 40. The second-order valence-electron chi connectivity index (χ2n) is 17.7. The third-order valence-corrected chi connectivity index (χ3v) is 14.5. The fraction of sp³-hybridized carbons (Fsp3) is 0.826. The molecule has 1 fully saturated rings. The highest BCUT2D eigenvalue weighted by molar-refractivity contribution is 7.61. The summed E-state index contributed by atoms with van der Waals surface area (Å²) in [5.74, 6) is -0.974. The molecule has 3 rings (SSSR count). The Labute approximate surface area is 392 Å². The Morgan fingerprint density at radius 2 is 1.15 bits per heavy atom. The van der Waals surface area contributed by atoms with E-state index in [1.807, 2.05) is 0 Å². The third kappa shape index (κ3) is 23.7. The van der Waals surface area contributed by atoms with Crippen LogP contribution in [-0.2, 0) is 46.3 Å². The first-order valence-electron chi connectivity index (χ1n) is 24.9. The molecule has 20 heteroatoms. The van der Waals surface area contributed by atoms with Gasteiger partial charge in [-0.2, -0.15) is 4.31 Å². The molecule has 2 aromatic heterocycles. The van der Waals surface area contributed by atoms with Crippen molar-refractivity contribution in [3.05, 3.63) is 18.6 Å². The Balaban J connectivity index is 1.43. The van der Waals surface area contributed by atoms with Gasteiger partial charge in [0.25, 0.3) is 0 Å². The van der Waals surface area contributed by atoms with Gasteiger partial charge >= 0.3 is 27.6 Å². The van der Waals surface area contributed by atoms with Gasteiger partial charge in [0.05, 0.1) is 18.6 Å². The number of phosphoric acid groups is 2. The van der Waals surface area contributed by atoms with Crippen LogP contribution in [-0.4, -0.2) is 90.7 Å². The molecule has 0 spiro atoms. The molecule has 0 amide bonds. The predicted molar refractivity (Wildman–Crippen MR) is 252 cm³/mol. The number of anilines is 1. The highest BCUT2D eigenvalue weighted by atomic mass is 31.3. The van der Waals surface area contributed by atoms with Crippen LogP contribution in [0.1, 0.15) is 200 Å². The predicted octanol–water partition coefficient (Wildman–Crippen LogP) is 10.3. The van der Waals surface area contributed by atoms with Crippen LogP contribution in [0, 0.1) is 0 Å². The van der Waals surface area contributed by atoms with E-state index in [0.29, 0.717) is 23.9 Å². The Hall–Kier alpha value is -2.50. The van der Waals surface area contributed by atoms with Gasteiger partial charge < -0.3 is 44.5 Å². The lowest BCUT2D eigenvalue weighted by atomic mass is 10.0. The number of nitrogens with two attached hydrogens (primary N) is 1. The molecule has 1 aliphatic rings. The molecule has 2 unspecified atom stereocenters. The van der Waals surface area contributed by atoms with Crippen molar-refractivity contribution in [3.63, 3.8) is 0 Å². The quantitative estimate of drug-likeness (QED) is 0.0236. The van der Waals surface area contributed by atoms with Crippen molar-refractivity contribution < 1.29 is 66.3 Å². The maximum absolute atomic E-state index is 12.9. The van der Waals surface area contributed by atoms with Crippen molar-refractivity contribution in [2.45, 2.75) is 224 Å². The Bertz CT molecular complexity index is 1740. The second-order valence-corrected chi connectivity index (χ2v) is 20.7. The molecule has 7 atom stereocenters. The summed E-state index contributed by atoms with van der Waals surface area (Å²) in [6.45, 7) is 2.29. The van der Waals surface area contributed by atoms with Gasteiger partial charge in [0.2, 0.25) is 0 Å². The molecule has 18 nitrogen and oxygen atoms in total. The van der Waals surface area contributed by atoms with Crippen LogP contribution < -0.4 is 5.73 Å². The van der Waals surface area contributed by atoms with Gasteiger partial charge in [-0.1, -0.05) is 168 Å². The molecule has 380 valence electrons. The van der Waals surface area contributed by atoms with E-state index >= 15 is 0 Å². The number of carbonyl (C=O) groups is 2. The normalized spacial score (nSPS) is 19.7. The molecule has 0 aromatic carbocycles. The van der Waals surface area contributed by atoms with Crippen LogP contribution in [0.4, 0.5) is 5.82 Å². The summed E-state index contributed by atoms with van der Waals surface area (Å²) in [7, 11) is -10.8.